The molecule has 67 valence electrons. The number of hydrogen-bond acceptors (Lipinski definition) is 1. The molecule has 0 aliphatic heterocycles. The second-order valence-corrected chi connectivity index (χ2v) is 2.36. The minimum Gasteiger partial charge on any atom is -0.298 e. The summed E-state index contributed by atoms with van der Waals surface area (Å²) in [5.41, 5.74) is -1.58. The van der Waals surface area contributed by atoms with Crippen LogP contribution in [0.4, 0.5) is 22.0 Å². The first-order valence-corrected chi connectivity index (χ1v) is 2.92. The van der Waals surface area contributed by atoms with Crippen LogP contribution >= 0.6 is 12.6 Å². The largest absolute Gasteiger partial charge is 0.483 e. The monoisotopic (exact) mass is 195 g/mol. The first-order valence-electron chi connectivity index (χ1n) is 2.45. The van der Waals surface area contributed by atoms with Crippen molar-refractivity contribution in [2.45, 2.75) is 24.6 Å². The lowest BCUT2D eigenvalue weighted by atomic mass is 10.6. The van der Waals surface area contributed by atoms with Crippen LogP contribution in [0.2, 0.25) is 0 Å². The normalized spacial score (nSPS) is 16.6. The summed E-state index contributed by atoms with van der Waals surface area (Å²) in [7, 11) is 0. The number of alkyl halides is 5. The van der Waals surface area contributed by atoms with Crippen LogP contribution in [0.3, 0.4) is 0 Å². The maximum absolute atomic E-state index is 11.8. The molecule has 0 aliphatic carbocycles. The predicted octanol–water partition coefficient (Wildman–Crippen LogP) is 2.70. The fourth-order valence-corrected chi connectivity index (χ4v) is 0.396. The van der Waals surface area contributed by atoms with E-state index in [-0.39, 0.29) is 0 Å². The summed E-state index contributed by atoms with van der Waals surface area (Å²) in [5, 5.41) is 0. The molecule has 0 heterocycles. The van der Waals surface area contributed by atoms with E-state index in [4.69, 9.17) is 0 Å². The van der Waals surface area contributed by atoms with Gasteiger partial charge in [0.2, 0.25) is 0 Å². The van der Waals surface area contributed by atoms with Crippen molar-refractivity contribution in [3.63, 3.8) is 0 Å². The molecular weight excluding hydrogens is 191 g/mol. The Balaban J connectivity index is 4.22. The van der Waals surface area contributed by atoms with Crippen LogP contribution in [-0.2, 0) is 4.74 Å². The molecule has 0 fully saturated rings. The van der Waals surface area contributed by atoms with Crippen LogP contribution < -0.4 is 0 Å². The van der Waals surface area contributed by atoms with Gasteiger partial charge in [-0.15, -0.1) is 0 Å². The maximum atomic E-state index is 11.8. The number of ether oxygens (including phenoxy) is 1. The summed E-state index contributed by atoms with van der Waals surface area (Å²) in [6.45, 7) is 0.912. The highest BCUT2D eigenvalue weighted by atomic mass is 32.1. The minimum absolute atomic E-state index is 0.912. The lowest BCUT2D eigenvalue weighted by Gasteiger charge is -2.20. The molecule has 11 heavy (non-hydrogen) atoms. The highest BCUT2D eigenvalue weighted by molar-refractivity contribution is 7.80. The Morgan fingerprint density at radius 2 is 1.55 bits per heavy atom. The topological polar surface area (TPSA) is 9.23 Å². The van der Waals surface area contributed by atoms with Crippen molar-refractivity contribution >= 4 is 12.6 Å². The van der Waals surface area contributed by atoms with Crippen molar-refractivity contribution in [2.75, 3.05) is 0 Å². The fraction of sp³-hybridized carbons (Fsp3) is 1.00. The van der Waals surface area contributed by atoms with Crippen LogP contribution in [0.1, 0.15) is 6.92 Å². The van der Waals surface area contributed by atoms with Crippen molar-refractivity contribution in [3.8, 4) is 0 Å². The molecule has 7 heteroatoms. The standard InChI is InChI=1S/C4H4F5OS/c1-2(11)10-4(8,9)3(5,6)7/h2H,1H3. The molecule has 0 aromatic rings. The quantitative estimate of drug-likeness (QED) is 0.615. The van der Waals surface area contributed by atoms with Gasteiger partial charge in [-0.2, -0.15) is 22.0 Å². The van der Waals surface area contributed by atoms with Crippen LogP contribution in [0, 0.1) is 0 Å². The zero-order valence-corrected chi connectivity index (χ0v) is 6.10. The molecular formula is C4H4F5OS. The highest BCUT2D eigenvalue weighted by Gasteiger charge is 2.60. The van der Waals surface area contributed by atoms with E-state index >= 15 is 0 Å². The molecule has 0 aliphatic rings. The second kappa shape index (κ2) is 3.14. The summed E-state index contributed by atoms with van der Waals surface area (Å²) in [4.78, 5) is 0. The number of rotatable bonds is 2. The Bertz CT molecular complexity index is 131. The zero-order valence-electron chi connectivity index (χ0n) is 5.28. The molecule has 0 bridgehead atoms. The van der Waals surface area contributed by atoms with E-state index in [1.807, 2.05) is 0 Å². The van der Waals surface area contributed by atoms with Crippen molar-refractivity contribution in [1.29, 1.82) is 0 Å². The summed E-state index contributed by atoms with van der Waals surface area (Å²) >= 11 is 3.99. The van der Waals surface area contributed by atoms with E-state index < -0.39 is 17.7 Å². The molecule has 1 atom stereocenters. The SMILES string of the molecule is CC([S])OC(F)(F)C(F)(F)F. The molecule has 0 amide bonds. The molecule has 1 unspecified atom stereocenters. The third-order valence-electron chi connectivity index (χ3n) is 0.644. The van der Waals surface area contributed by atoms with Gasteiger partial charge >= 0.3 is 12.3 Å². The van der Waals surface area contributed by atoms with Crippen molar-refractivity contribution in [3.05, 3.63) is 0 Å². The third kappa shape index (κ3) is 3.24. The predicted molar refractivity (Wildman–Crippen MR) is 29.1 cm³/mol. The fourth-order valence-electron chi connectivity index (χ4n) is 0.275. The smallest absolute Gasteiger partial charge is 0.298 e. The molecule has 0 N–H and O–H groups in total. The Morgan fingerprint density at radius 1 is 1.18 bits per heavy atom. The highest BCUT2D eigenvalue weighted by Crippen LogP contribution is 2.37. The van der Waals surface area contributed by atoms with Gasteiger partial charge in [-0.05, 0) is 6.92 Å². The molecule has 1 nitrogen and oxygen atoms in total. The van der Waals surface area contributed by atoms with E-state index in [9.17, 15) is 22.0 Å². The Kier molecular flexibility index (Phi) is 3.13. The summed E-state index contributed by atoms with van der Waals surface area (Å²) < 4.78 is 60.5. The van der Waals surface area contributed by atoms with E-state index in [0.717, 1.165) is 6.92 Å². The van der Waals surface area contributed by atoms with Crippen LogP contribution in [0.15, 0.2) is 0 Å². The number of halogens is 5. The molecule has 0 saturated heterocycles. The maximum Gasteiger partial charge on any atom is 0.483 e. The number of hydrogen-bond donors (Lipinski definition) is 0. The van der Waals surface area contributed by atoms with Gasteiger partial charge < -0.3 is 0 Å². The molecule has 0 aromatic carbocycles. The van der Waals surface area contributed by atoms with Gasteiger partial charge in [-0.1, -0.05) is 12.6 Å². The van der Waals surface area contributed by atoms with E-state index in [2.05, 4.69) is 17.4 Å². The van der Waals surface area contributed by atoms with E-state index in [1.165, 1.54) is 0 Å². The lowest BCUT2D eigenvalue weighted by Crippen LogP contribution is -2.40. The summed E-state index contributed by atoms with van der Waals surface area (Å²) in [6, 6.07) is 0. The first-order chi connectivity index (χ1) is 4.67. The molecule has 0 saturated carbocycles. The Morgan fingerprint density at radius 3 is 1.64 bits per heavy atom. The van der Waals surface area contributed by atoms with E-state index in [1.54, 1.807) is 0 Å². The van der Waals surface area contributed by atoms with Gasteiger partial charge in [-0.3, -0.25) is 4.74 Å². The van der Waals surface area contributed by atoms with Crippen molar-refractivity contribution in [2.24, 2.45) is 0 Å². The zero-order chi connectivity index (χ0) is 9.28. The molecule has 0 spiro atoms. The van der Waals surface area contributed by atoms with Gasteiger partial charge in [0.25, 0.3) is 0 Å². The first kappa shape index (κ1) is 11.0. The van der Waals surface area contributed by atoms with Gasteiger partial charge in [0.1, 0.15) is 5.44 Å². The molecule has 0 aromatic heterocycles. The van der Waals surface area contributed by atoms with Gasteiger partial charge in [0.05, 0.1) is 0 Å². The summed E-state index contributed by atoms with van der Waals surface area (Å²) in [6.07, 6.45) is -10.8. The van der Waals surface area contributed by atoms with Crippen LogP contribution in [0.5, 0.6) is 0 Å². The second-order valence-electron chi connectivity index (χ2n) is 1.70. The third-order valence-corrected chi connectivity index (χ3v) is 0.740. The van der Waals surface area contributed by atoms with Crippen molar-refractivity contribution < 1.29 is 26.7 Å². The van der Waals surface area contributed by atoms with Crippen LogP contribution in [0.25, 0.3) is 0 Å². The van der Waals surface area contributed by atoms with Gasteiger partial charge in [0, 0.05) is 0 Å². The van der Waals surface area contributed by atoms with E-state index in [0.29, 0.717) is 0 Å². The summed E-state index contributed by atoms with van der Waals surface area (Å²) in [5.74, 6) is 0. The minimum atomic E-state index is -5.69. The van der Waals surface area contributed by atoms with Gasteiger partial charge in [0.15, 0.2) is 0 Å². The molecule has 1 radical (unpaired) electrons. The molecule has 0 rings (SSSR count). The Labute approximate surface area is 64.9 Å². The average Bonchev–Trinajstić information content (AvgIpc) is 1.56. The van der Waals surface area contributed by atoms with Crippen LogP contribution in [-0.4, -0.2) is 17.7 Å². The Hall–Kier alpha value is -0.0400. The average molecular weight is 195 g/mol. The van der Waals surface area contributed by atoms with Gasteiger partial charge in [-0.25, -0.2) is 0 Å². The lowest BCUT2D eigenvalue weighted by molar-refractivity contribution is -0.393. The van der Waals surface area contributed by atoms with Crippen molar-refractivity contribution in [1.82, 2.24) is 0 Å².